The minimum absolute atomic E-state index is 0.000739. The number of guanidine groups is 1. The van der Waals surface area contributed by atoms with Crippen LogP contribution < -0.4 is 5.73 Å². The van der Waals surface area contributed by atoms with Gasteiger partial charge in [-0.05, 0) is 80.7 Å². The number of aliphatic imine (C=N–C) groups is 1. The molecule has 2 aromatic rings. The van der Waals surface area contributed by atoms with Crippen LogP contribution in [0.4, 0.5) is 17.6 Å². The molecule has 0 aromatic heterocycles. The van der Waals surface area contributed by atoms with Gasteiger partial charge in [-0.15, -0.1) is 0 Å². The number of alkyl halides is 3. The van der Waals surface area contributed by atoms with Crippen LogP contribution in [0.25, 0.3) is 0 Å². The normalized spacial score (nSPS) is 22.2. The summed E-state index contributed by atoms with van der Waals surface area (Å²) in [6.07, 6.45) is 2.28. The fourth-order valence-corrected chi connectivity index (χ4v) is 7.32. The second-order valence-corrected chi connectivity index (χ2v) is 15.0. The molecule has 276 valence electrons. The lowest BCUT2D eigenvalue weighted by Gasteiger charge is -2.40. The number of hydrogen-bond donors (Lipinski definition) is 1. The van der Waals surface area contributed by atoms with Gasteiger partial charge in [0.2, 0.25) is 0 Å². The first-order valence-corrected chi connectivity index (χ1v) is 17.5. The van der Waals surface area contributed by atoms with Gasteiger partial charge in [-0.25, -0.2) is 22.6 Å². The van der Waals surface area contributed by atoms with Crippen LogP contribution >= 0.6 is 0 Å². The Morgan fingerprint density at radius 3 is 2.37 bits per heavy atom. The monoisotopic (exact) mass is 711 g/mol. The fraction of sp³-hybridized carbons (Fsp3) is 0.513. The summed E-state index contributed by atoms with van der Waals surface area (Å²) >= 11 is 0. The molecule has 2 saturated heterocycles. The van der Waals surface area contributed by atoms with E-state index in [1.165, 1.54) is 40.7 Å². The Morgan fingerprint density at radius 2 is 1.80 bits per heavy atom. The number of nitrogens with zero attached hydrogens (tertiary/aromatic N) is 4. The van der Waals surface area contributed by atoms with Crippen LogP contribution in [0.2, 0.25) is 0 Å². The Balaban J connectivity index is 1.52. The first kappa shape index (κ1) is 38.1. The van der Waals surface area contributed by atoms with E-state index in [0.717, 1.165) is 13.3 Å². The molecule has 3 aliphatic rings. The Labute approximate surface area is 298 Å². The molecule has 2 amide bonds. The number of halogens is 4. The standard InChI is InChI=1S/C39H49F4N5O3/c1-24(2)20-33(48-35(50)39(45-36(48)44,16-14-27-15-19-51-23-27)29-9-11-30(40)12-10-29)28-8-13-32(37(5,6)41)31(21-28)34(49)46-17-18-47(25(3)22-46)26(4)38(7,42)43/h8-13,21,24,27,33H,3-4,14-20,22-23H2,1-2,5-7H3,(H2,44,45)/t27-,33?,39?/m1/s1. The molecule has 0 aliphatic carbocycles. The van der Waals surface area contributed by atoms with Gasteiger partial charge in [-0.2, -0.15) is 0 Å². The van der Waals surface area contributed by atoms with Crippen LogP contribution in [0.1, 0.15) is 93.4 Å². The van der Waals surface area contributed by atoms with Crippen LogP contribution in [0, 0.1) is 17.7 Å². The summed E-state index contributed by atoms with van der Waals surface area (Å²) in [4.78, 5) is 38.1. The summed E-state index contributed by atoms with van der Waals surface area (Å²) in [5.74, 6) is -4.17. The maximum atomic E-state index is 15.8. The van der Waals surface area contributed by atoms with Crippen molar-refractivity contribution < 1.29 is 31.9 Å². The van der Waals surface area contributed by atoms with E-state index in [-0.39, 0.29) is 60.2 Å². The van der Waals surface area contributed by atoms with Gasteiger partial charge in [0.05, 0.1) is 18.3 Å². The highest BCUT2D eigenvalue weighted by Crippen LogP contribution is 2.44. The SMILES string of the molecule is C=C1CN(C(=O)c2cc(C(CC(C)C)N3C(=O)C(CC[C@@H]4CCOC4)(c4ccc(F)cc4)N=C3N)ccc2C(C)(C)F)CCN1C(=C)C(C)(F)F. The van der Waals surface area contributed by atoms with Gasteiger partial charge in [0.15, 0.2) is 11.5 Å². The van der Waals surface area contributed by atoms with Crippen LogP contribution in [0.3, 0.4) is 0 Å². The van der Waals surface area contributed by atoms with Crippen molar-refractivity contribution in [2.75, 3.05) is 32.8 Å². The zero-order valence-corrected chi connectivity index (χ0v) is 30.2. The highest BCUT2D eigenvalue weighted by Gasteiger charge is 2.51. The van der Waals surface area contributed by atoms with Crippen LogP contribution in [-0.2, 0) is 20.7 Å². The molecule has 3 heterocycles. The predicted molar refractivity (Wildman–Crippen MR) is 189 cm³/mol. The van der Waals surface area contributed by atoms with Crippen molar-refractivity contribution in [3.8, 4) is 0 Å². The van der Waals surface area contributed by atoms with Gasteiger partial charge >= 0.3 is 0 Å². The van der Waals surface area contributed by atoms with Crippen LogP contribution in [-0.4, -0.2) is 71.2 Å². The number of allylic oxidation sites excluding steroid dienone is 1. The number of hydrogen-bond acceptors (Lipinski definition) is 6. The van der Waals surface area contributed by atoms with Crippen molar-refractivity contribution in [1.29, 1.82) is 0 Å². The summed E-state index contributed by atoms with van der Waals surface area (Å²) in [7, 11) is 0. The number of nitrogens with two attached hydrogens (primary N) is 1. The molecule has 5 rings (SSSR count). The molecule has 2 N–H and O–H groups in total. The second kappa shape index (κ2) is 14.4. The lowest BCUT2D eigenvalue weighted by atomic mass is 9.82. The molecule has 3 aliphatic heterocycles. The van der Waals surface area contributed by atoms with E-state index in [1.807, 2.05) is 13.8 Å². The summed E-state index contributed by atoms with van der Waals surface area (Å²) in [6.45, 7) is 16.2. The minimum atomic E-state index is -3.17. The first-order valence-electron chi connectivity index (χ1n) is 17.5. The molecule has 0 bridgehead atoms. The Kier molecular flexibility index (Phi) is 10.8. The zero-order valence-electron chi connectivity index (χ0n) is 30.2. The third-order valence-corrected chi connectivity index (χ3v) is 10.2. The number of benzene rings is 2. The molecular weight excluding hydrogens is 662 g/mol. The fourth-order valence-electron chi connectivity index (χ4n) is 7.32. The molecule has 12 heteroatoms. The molecule has 0 saturated carbocycles. The minimum Gasteiger partial charge on any atom is -0.381 e. The molecule has 51 heavy (non-hydrogen) atoms. The van der Waals surface area contributed by atoms with Gasteiger partial charge in [0.25, 0.3) is 17.7 Å². The summed E-state index contributed by atoms with van der Waals surface area (Å²) in [6, 6.07) is 9.93. The number of carbonyl (C=O) groups is 2. The van der Waals surface area contributed by atoms with E-state index in [4.69, 9.17) is 15.5 Å². The highest BCUT2D eigenvalue weighted by atomic mass is 19.3. The molecule has 0 spiro atoms. The van der Waals surface area contributed by atoms with Crippen molar-refractivity contribution in [3.05, 3.63) is 95.1 Å². The summed E-state index contributed by atoms with van der Waals surface area (Å²) in [5, 5.41) is 0. The Bertz CT molecular complexity index is 1690. The third kappa shape index (κ3) is 7.85. The predicted octanol–water partition coefficient (Wildman–Crippen LogP) is 7.43. The van der Waals surface area contributed by atoms with E-state index in [9.17, 15) is 22.8 Å². The number of amides is 2. The summed E-state index contributed by atoms with van der Waals surface area (Å²) < 4.78 is 63.6. The van der Waals surface area contributed by atoms with E-state index in [1.54, 1.807) is 30.3 Å². The maximum Gasteiger partial charge on any atom is 0.284 e. The van der Waals surface area contributed by atoms with E-state index in [0.29, 0.717) is 43.6 Å². The number of piperazine rings is 1. The largest absolute Gasteiger partial charge is 0.381 e. The molecule has 0 radical (unpaired) electrons. The van der Waals surface area contributed by atoms with Gasteiger partial charge in [-0.1, -0.05) is 51.3 Å². The number of rotatable bonds is 12. The lowest BCUT2D eigenvalue weighted by molar-refractivity contribution is -0.133. The average Bonchev–Trinajstić information content (AvgIpc) is 3.67. The maximum absolute atomic E-state index is 15.8. The first-order chi connectivity index (χ1) is 23.8. The topological polar surface area (TPSA) is 91.5 Å². The van der Waals surface area contributed by atoms with Crippen molar-refractivity contribution in [2.24, 2.45) is 22.6 Å². The lowest BCUT2D eigenvalue weighted by Crippen LogP contribution is -2.48. The van der Waals surface area contributed by atoms with Crippen molar-refractivity contribution in [2.45, 2.75) is 83.5 Å². The average molecular weight is 712 g/mol. The highest BCUT2D eigenvalue weighted by molar-refractivity contribution is 6.07. The zero-order chi connectivity index (χ0) is 37.5. The van der Waals surface area contributed by atoms with Crippen LogP contribution in [0.5, 0.6) is 0 Å². The molecule has 2 aromatic carbocycles. The quantitative estimate of drug-likeness (QED) is 0.232. The molecule has 3 atom stereocenters. The van der Waals surface area contributed by atoms with Crippen LogP contribution in [0.15, 0.2) is 72.0 Å². The van der Waals surface area contributed by atoms with Crippen molar-refractivity contribution in [3.63, 3.8) is 0 Å². The third-order valence-electron chi connectivity index (χ3n) is 10.2. The van der Waals surface area contributed by atoms with Gasteiger partial charge in [0.1, 0.15) is 11.5 Å². The van der Waals surface area contributed by atoms with Gasteiger partial charge in [0, 0.05) is 50.1 Å². The molecule has 2 unspecified atom stereocenters. The number of carbonyl (C=O) groups excluding carboxylic acids is 2. The van der Waals surface area contributed by atoms with Gasteiger partial charge < -0.3 is 20.3 Å². The van der Waals surface area contributed by atoms with E-state index in [2.05, 4.69) is 13.2 Å². The van der Waals surface area contributed by atoms with Crippen molar-refractivity contribution in [1.82, 2.24) is 14.7 Å². The smallest absolute Gasteiger partial charge is 0.284 e. The molecule has 2 fully saturated rings. The van der Waals surface area contributed by atoms with E-state index < -0.39 is 40.6 Å². The second-order valence-electron chi connectivity index (χ2n) is 15.0. The van der Waals surface area contributed by atoms with Crippen molar-refractivity contribution >= 4 is 17.8 Å². The van der Waals surface area contributed by atoms with E-state index >= 15 is 4.39 Å². The Morgan fingerprint density at radius 1 is 1.12 bits per heavy atom. The number of ether oxygens (including phenoxy) is 1. The van der Waals surface area contributed by atoms with Gasteiger partial charge in [-0.3, -0.25) is 14.5 Å². The molecule has 8 nitrogen and oxygen atoms in total. The Hall–Kier alpha value is -4.19. The molecular formula is C39H49F4N5O3. The summed E-state index contributed by atoms with van der Waals surface area (Å²) in [5.41, 5.74) is 4.51.